The molecule has 2 atom stereocenters. The van der Waals surface area contributed by atoms with Gasteiger partial charge in [-0.1, -0.05) is 54.9 Å². The summed E-state index contributed by atoms with van der Waals surface area (Å²) in [5.41, 5.74) is 4.20. The molecule has 0 saturated carbocycles. The maximum absolute atomic E-state index is 13.5. The molecule has 7 heteroatoms. The predicted molar refractivity (Wildman–Crippen MR) is 137 cm³/mol. The van der Waals surface area contributed by atoms with Crippen LogP contribution >= 0.6 is 11.6 Å². The Balaban J connectivity index is 1.40. The van der Waals surface area contributed by atoms with Crippen LogP contribution < -0.4 is 0 Å². The van der Waals surface area contributed by atoms with E-state index in [9.17, 15) is 9.90 Å². The van der Waals surface area contributed by atoms with E-state index in [1.807, 2.05) is 34.1 Å². The molecular weight excluding hydrogens is 462 g/mol. The average Bonchev–Trinajstić information content (AvgIpc) is 3.39. The molecule has 0 bridgehead atoms. The van der Waals surface area contributed by atoms with Crippen LogP contribution in [0.1, 0.15) is 55.0 Å². The summed E-state index contributed by atoms with van der Waals surface area (Å²) in [6.45, 7) is 4.57. The van der Waals surface area contributed by atoms with Gasteiger partial charge in [0.1, 0.15) is 12.0 Å². The maximum atomic E-state index is 13.5. The van der Waals surface area contributed by atoms with Gasteiger partial charge in [0.05, 0.1) is 12.0 Å². The van der Waals surface area contributed by atoms with Crippen LogP contribution in [0.4, 0.5) is 4.79 Å². The van der Waals surface area contributed by atoms with Crippen molar-refractivity contribution in [3.8, 4) is 11.3 Å². The predicted octanol–water partition coefficient (Wildman–Crippen LogP) is 5.71. The molecule has 1 aromatic heterocycles. The molecule has 2 aromatic carbocycles. The van der Waals surface area contributed by atoms with E-state index in [1.165, 1.54) is 11.1 Å². The van der Waals surface area contributed by atoms with E-state index in [-0.39, 0.29) is 24.0 Å². The van der Waals surface area contributed by atoms with Gasteiger partial charge < -0.3 is 19.3 Å². The van der Waals surface area contributed by atoms with Gasteiger partial charge in [0.15, 0.2) is 5.89 Å². The van der Waals surface area contributed by atoms with Crippen LogP contribution in [0.15, 0.2) is 59.2 Å². The van der Waals surface area contributed by atoms with E-state index in [0.29, 0.717) is 49.9 Å². The van der Waals surface area contributed by atoms with Crippen molar-refractivity contribution in [2.45, 2.75) is 50.5 Å². The van der Waals surface area contributed by atoms with E-state index in [0.717, 1.165) is 24.1 Å². The molecule has 2 aliphatic rings. The largest absolute Gasteiger partial charge is 0.448 e. The molecule has 5 rings (SSSR count). The summed E-state index contributed by atoms with van der Waals surface area (Å²) in [5.74, 6) is 0.842. The van der Waals surface area contributed by atoms with Gasteiger partial charge in [0.2, 0.25) is 0 Å². The molecule has 6 nitrogen and oxygen atoms in total. The number of hydrogen-bond acceptors (Lipinski definition) is 4. The zero-order valence-electron chi connectivity index (χ0n) is 20.1. The monoisotopic (exact) mass is 493 g/mol. The number of halogens is 1. The lowest BCUT2D eigenvalue weighted by Crippen LogP contribution is -2.51. The van der Waals surface area contributed by atoms with E-state index in [2.05, 4.69) is 31.2 Å². The lowest BCUT2D eigenvalue weighted by atomic mass is 9.84. The van der Waals surface area contributed by atoms with Crippen molar-refractivity contribution in [3.05, 3.63) is 76.8 Å². The fraction of sp³-hybridized carbons (Fsp3) is 0.429. The van der Waals surface area contributed by atoms with Crippen LogP contribution in [0, 0.1) is 0 Å². The first-order chi connectivity index (χ1) is 17.0. The molecule has 2 saturated heterocycles. The number of piperidine rings is 2. The van der Waals surface area contributed by atoms with Crippen LogP contribution in [0.2, 0.25) is 5.02 Å². The summed E-state index contributed by atoms with van der Waals surface area (Å²) in [6.07, 6.45) is 4.50. The van der Waals surface area contributed by atoms with Crippen LogP contribution in [0.5, 0.6) is 0 Å². The van der Waals surface area contributed by atoms with Gasteiger partial charge in [-0.2, -0.15) is 0 Å². The number of aliphatic hydroxyl groups excluding tert-OH is 1. The Hall–Kier alpha value is -2.83. The first-order valence-corrected chi connectivity index (χ1v) is 12.9. The topological polar surface area (TPSA) is 69.8 Å². The summed E-state index contributed by atoms with van der Waals surface area (Å²) in [5, 5.41) is 10.5. The minimum Gasteiger partial charge on any atom is -0.448 e. The SMILES string of the molecule is CCc1ccc(C2CC(c3nc(-c4cccc(Cl)c4)co3)CN(C(=O)N3CCC(O)CC3)C2)cc1. The first kappa shape index (κ1) is 23.9. The molecule has 184 valence electrons. The van der Waals surface area contributed by atoms with Crippen molar-refractivity contribution in [2.24, 2.45) is 0 Å². The Morgan fingerprint density at radius 3 is 2.54 bits per heavy atom. The fourth-order valence-electron chi connectivity index (χ4n) is 5.21. The van der Waals surface area contributed by atoms with E-state index < -0.39 is 0 Å². The molecule has 2 unspecified atom stereocenters. The van der Waals surface area contributed by atoms with Crippen LogP contribution in [0.3, 0.4) is 0 Å². The number of urea groups is 1. The van der Waals surface area contributed by atoms with Gasteiger partial charge in [-0.3, -0.25) is 0 Å². The summed E-state index contributed by atoms with van der Waals surface area (Å²) in [4.78, 5) is 22.1. The molecule has 2 fully saturated rings. The maximum Gasteiger partial charge on any atom is 0.320 e. The number of rotatable bonds is 4. The minimum absolute atomic E-state index is 0.00753. The lowest BCUT2D eigenvalue weighted by Gasteiger charge is -2.41. The molecule has 3 aromatic rings. The lowest BCUT2D eigenvalue weighted by molar-refractivity contribution is 0.0747. The second-order valence-electron chi connectivity index (χ2n) is 9.71. The number of aryl methyl sites for hydroxylation is 1. The van der Waals surface area contributed by atoms with Crippen molar-refractivity contribution in [3.63, 3.8) is 0 Å². The number of carbonyl (C=O) groups excluding carboxylic acids is 1. The van der Waals surface area contributed by atoms with Crippen LogP contribution in [0.25, 0.3) is 11.3 Å². The number of nitrogens with zero attached hydrogens (tertiary/aromatic N) is 3. The number of likely N-dealkylation sites (tertiary alicyclic amines) is 2. The second kappa shape index (κ2) is 10.4. The molecule has 0 aliphatic carbocycles. The third kappa shape index (κ3) is 5.39. The van der Waals surface area contributed by atoms with Crippen molar-refractivity contribution in [1.82, 2.24) is 14.8 Å². The first-order valence-electron chi connectivity index (χ1n) is 12.5. The number of hydrogen-bond donors (Lipinski definition) is 1. The van der Waals surface area contributed by atoms with Gasteiger partial charge in [-0.15, -0.1) is 0 Å². The zero-order valence-corrected chi connectivity index (χ0v) is 20.8. The highest BCUT2D eigenvalue weighted by atomic mass is 35.5. The number of carbonyl (C=O) groups is 1. The van der Waals surface area contributed by atoms with Gasteiger partial charge >= 0.3 is 6.03 Å². The quantitative estimate of drug-likeness (QED) is 0.505. The van der Waals surface area contributed by atoms with Gasteiger partial charge in [0.25, 0.3) is 0 Å². The van der Waals surface area contributed by atoms with Crippen molar-refractivity contribution in [1.29, 1.82) is 0 Å². The summed E-state index contributed by atoms with van der Waals surface area (Å²) >= 11 is 6.17. The molecule has 2 amide bonds. The number of benzene rings is 2. The van der Waals surface area contributed by atoms with Gasteiger partial charge in [-0.05, 0) is 48.9 Å². The minimum atomic E-state index is -0.310. The Bertz CT molecular complexity index is 1150. The van der Waals surface area contributed by atoms with E-state index >= 15 is 0 Å². The van der Waals surface area contributed by atoms with Crippen LogP contribution in [-0.2, 0) is 6.42 Å². The Kier molecular flexibility index (Phi) is 7.12. The van der Waals surface area contributed by atoms with Crippen molar-refractivity contribution < 1.29 is 14.3 Å². The zero-order chi connectivity index (χ0) is 24.4. The summed E-state index contributed by atoms with van der Waals surface area (Å²) < 4.78 is 5.97. The average molecular weight is 494 g/mol. The number of aliphatic hydroxyl groups is 1. The molecule has 3 heterocycles. The van der Waals surface area contributed by atoms with Crippen molar-refractivity contribution >= 4 is 17.6 Å². The normalized spacial score (nSPS) is 21.3. The fourth-order valence-corrected chi connectivity index (χ4v) is 5.40. The Labute approximate surface area is 211 Å². The van der Waals surface area contributed by atoms with Crippen LogP contribution in [-0.4, -0.2) is 58.2 Å². The number of amides is 2. The molecular formula is C28H32ClN3O3. The summed E-state index contributed by atoms with van der Waals surface area (Å²) in [7, 11) is 0. The Morgan fingerprint density at radius 1 is 1.09 bits per heavy atom. The summed E-state index contributed by atoms with van der Waals surface area (Å²) in [6, 6.07) is 16.4. The van der Waals surface area contributed by atoms with Gasteiger partial charge in [-0.25, -0.2) is 9.78 Å². The smallest absolute Gasteiger partial charge is 0.320 e. The Morgan fingerprint density at radius 2 is 1.83 bits per heavy atom. The highest BCUT2D eigenvalue weighted by Gasteiger charge is 2.36. The molecule has 1 N–H and O–H groups in total. The van der Waals surface area contributed by atoms with Crippen molar-refractivity contribution in [2.75, 3.05) is 26.2 Å². The highest BCUT2D eigenvalue weighted by molar-refractivity contribution is 6.30. The number of oxazole rings is 1. The standard InChI is InChI=1S/C28H32ClN3O3/c1-2-19-6-8-20(9-7-19)22-14-23(17-32(16-22)28(34)31-12-10-25(33)11-13-31)27-30-26(18-35-27)21-4-3-5-24(29)15-21/h3-9,15,18,22-23,25,33H,2,10-14,16-17H2,1H3. The molecule has 2 aliphatic heterocycles. The third-order valence-corrected chi connectivity index (χ3v) is 7.54. The number of aromatic nitrogens is 1. The molecule has 0 radical (unpaired) electrons. The molecule has 35 heavy (non-hydrogen) atoms. The van der Waals surface area contributed by atoms with E-state index in [4.69, 9.17) is 21.0 Å². The molecule has 0 spiro atoms. The van der Waals surface area contributed by atoms with Gasteiger partial charge in [0, 0.05) is 42.7 Å². The van der Waals surface area contributed by atoms with E-state index in [1.54, 1.807) is 6.26 Å². The second-order valence-corrected chi connectivity index (χ2v) is 10.1. The third-order valence-electron chi connectivity index (χ3n) is 7.31. The highest BCUT2D eigenvalue weighted by Crippen LogP contribution is 2.37.